The van der Waals surface area contributed by atoms with Crippen LogP contribution in [0.2, 0.25) is 0 Å². The van der Waals surface area contributed by atoms with Crippen LogP contribution in [0.15, 0.2) is 41.4 Å². The van der Waals surface area contributed by atoms with Crippen LogP contribution in [0.3, 0.4) is 0 Å². The van der Waals surface area contributed by atoms with E-state index in [1.807, 2.05) is 0 Å². The highest BCUT2D eigenvalue weighted by atomic mass is 32.2. The van der Waals surface area contributed by atoms with E-state index < -0.39 is 61.4 Å². The largest absolute Gasteiger partial charge is 0.496 e. The molecule has 6 nitrogen and oxygen atoms in total. The average molecular weight is 562 g/mol. The number of rotatable bonds is 7. The molecule has 1 aliphatic rings. The molecular formula is C25H25F6N3O3S. The SMILES string of the molecule is COc1cc(S(=O)(=O)NC(c2cnn(C(C)(C)C)c2-c2cc(F)c(F)cc2F)C2CC2)ccc1C(F)(F)F. The molecule has 206 valence electrons. The van der Waals surface area contributed by atoms with Crippen molar-refractivity contribution in [1.29, 1.82) is 0 Å². The first-order chi connectivity index (χ1) is 17.5. The Morgan fingerprint density at radius 3 is 2.21 bits per heavy atom. The van der Waals surface area contributed by atoms with Crippen LogP contribution in [0.4, 0.5) is 26.3 Å². The highest BCUT2D eigenvalue weighted by Gasteiger charge is 2.40. The summed E-state index contributed by atoms with van der Waals surface area (Å²) in [5.41, 5.74) is -1.94. The lowest BCUT2D eigenvalue weighted by atomic mass is 9.97. The molecule has 1 aromatic heterocycles. The number of sulfonamides is 1. The molecule has 1 N–H and O–H groups in total. The van der Waals surface area contributed by atoms with Gasteiger partial charge in [-0.05, 0) is 57.7 Å². The van der Waals surface area contributed by atoms with E-state index in [0.29, 0.717) is 31.0 Å². The van der Waals surface area contributed by atoms with E-state index in [1.54, 1.807) is 20.8 Å². The monoisotopic (exact) mass is 561 g/mol. The fourth-order valence-electron chi connectivity index (χ4n) is 4.22. The number of halogens is 6. The van der Waals surface area contributed by atoms with Crippen LogP contribution in [0, 0.1) is 23.4 Å². The third-order valence-corrected chi connectivity index (χ3v) is 7.64. The maximum absolute atomic E-state index is 15.0. The number of ether oxygens (including phenoxy) is 1. The molecule has 1 fully saturated rings. The minimum Gasteiger partial charge on any atom is -0.496 e. The molecule has 0 bridgehead atoms. The Bertz CT molecular complexity index is 1470. The average Bonchev–Trinajstić information content (AvgIpc) is 3.55. The van der Waals surface area contributed by atoms with Gasteiger partial charge in [-0.15, -0.1) is 0 Å². The summed E-state index contributed by atoms with van der Waals surface area (Å²) in [5, 5.41) is 4.31. The lowest BCUT2D eigenvalue weighted by molar-refractivity contribution is -0.138. The Kier molecular flexibility index (Phi) is 7.06. The van der Waals surface area contributed by atoms with Gasteiger partial charge in [-0.2, -0.15) is 18.3 Å². The van der Waals surface area contributed by atoms with Gasteiger partial charge in [0.2, 0.25) is 10.0 Å². The molecule has 4 rings (SSSR count). The van der Waals surface area contributed by atoms with Crippen molar-refractivity contribution < 1.29 is 39.5 Å². The number of nitrogens with one attached hydrogen (secondary N) is 1. The second-order valence-corrected chi connectivity index (χ2v) is 11.8. The summed E-state index contributed by atoms with van der Waals surface area (Å²) >= 11 is 0. The molecule has 0 amide bonds. The first-order valence-electron chi connectivity index (χ1n) is 11.6. The number of hydrogen-bond acceptors (Lipinski definition) is 4. The summed E-state index contributed by atoms with van der Waals surface area (Å²) in [6.07, 6.45) is -2.23. The summed E-state index contributed by atoms with van der Waals surface area (Å²) in [6, 6.07) is 2.30. The molecule has 2 aromatic carbocycles. The van der Waals surface area contributed by atoms with E-state index >= 15 is 0 Å². The van der Waals surface area contributed by atoms with E-state index in [1.165, 1.54) is 10.9 Å². The molecule has 13 heteroatoms. The summed E-state index contributed by atoms with van der Waals surface area (Å²) in [6.45, 7) is 5.24. The molecule has 1 heterocycles. The van der Waals surface area contributed by atoms with E-state index in [9.17, 15) is 34.8 Å². The molecule has 38 heavy (non-hydrogen) atoms. The van der Waals surface area contributed by atoms with Crippen molar-refractivity contribution in [2.24, 2.45) is 5.92 Å². The van der Waals surface area contributed by atoms with E-state index in [4.69, 9.17) is 4.74 Å². The molecular weight excluding hydrogens is 536 g/mol. The Morgan fingerprint density at radius 1 is 1.03 bits per heavy atom. The molecule has 3 aromatic rings. The summed E-state index contributed by atoms with van der Waals surface area (Å²) in [5.74, 6) is -4.67. The third-order valence-electron chi connectivity index (χ3n) is 6.20. The van der Waals surface area contributed by atoms with Gasteiger partial charge in [-0.1, -0.05) is 0 Å². The Hall–Kier alpha value is -3.06. The smallest absolute Gasteiger partial charge is 0.419 e. The quantitative estimate of drug-likeness (QED) is 0.276. The predicted molar refractivity (Wildman–Crippen MR) is 126 cm³/mol. The molecule has 1 atom stereocenters. The third kappa shape index (κ3) is 5.39. The minimum absolute atomic E-state index is 0.0542. The van der Waals surface area contributed by atoms with Crippen LogP contribution in [0.1, 0.15) is 50.8 Å². The van der Waals surface area contributed by atoms with Crippen LogP contribution in [0.5, 0.6) is 5.75 Å². The van der Waals surface area contributed by atoms with Gasteiger partial charge in [0.25, 0.3) is 0 Å². The van der Waals surface area contributed by atoms with E-state index in [0.717, 1.165) is 19.2 Å². The Balaban J connectivity index is 1.83. The van der Waals surface area contributed by atoms with Gasteiger partial charge >= 0.3 is 6.18 Å². The molecule has 1 saturated carbocycles. The second kappa shape index (κ2) is 9.60. The highest BCUT2D eigenvalue weighted by Crippen LogP contribution is 2.46. The molecule has 1 aliphatic carbocycles. The summed E-state index contributed by atoms with van der Waals surface area (Å²) in [4.78, 5) is -0.475. The number of benzene rings is 2. The highest BCUT2D eigenvalue weighted by molar-refractivity contribution is 7.89. The zero-order valence-corrected chi connectivity index (χ0v) is 21.6. The fraction of sp³-hybridized carbons (Fsp3) is 0.400. The van der Waals surface area contributed by atoms with Crippen molar-refractivity contribution in [3.05, 3.63) is 65.1 Å². The molecule has 0 saturated heterocycles. The van der Waals surface area contributed by atoms with Gasteiger partial charge in [0, 0.05) is 23.3 Å². The van der Waals surface area contributed by atoms with Crippen LogP contribution in [-0.4, -0.2) is 25.3 Å². The van der Waals surface area contributed by atoms with Gasteiger partial charge in [-0.25, -0.2) is 26.3 Å². The van der Waals surface area contributed by atoms with Crippen molar-refractivity contribution in [3.63, 3.8) is 0 Å². The van der Waals surface area contributed by atoms with Crippen molar-refractivity contribution >= 4 is 10.0 Å². The topological polar surface area (TPSA) is 73.2 Å². The van der Waals surface area contributed by atoms with Crippen molar-refractivity contribution in [2.45, 2.75) is 56.3 Å². The van der Waals surface area contributed by atoms with Crippen LogP contribution in [0.25, 0.3) is 11.3 Å². The van der Waals surface area contributed by atoms with Gasteiger partial charge in [-0.3, -0.25) is 4.68 Å². The molecule has 0 radical (unpaired) electrons. The van der Waals surface area contributed by atoms with Crippen LogP contribution in [-0.2, 0) is 21.7 Å². The summed E-state index contributed by atoms with van der Waals surface area (Å²) in [7, 11) is -3.43. The number of alkyl halides is 3. The zero-order chi connectivity index (χ0) is 28.2. The number of methoxy groups -OCH3 is 1. The summed E-state index contributed by atoms with van der Waals surface area (Å²) < 4.78 is 118. The second-order valence-electron chi connectivity index (χ2n) is 10.1. The first-order valence-corrected chi connectivity index (χ1v) is 13.0. The van der Waals surface area contributed by atoms with Crippen LogP contribution < -0.4 is 9.46 Å². The first kappa shape index (κ1) is 28.0. The van der Waals surface area contributed by atoms with E-state index in [-0.39, 0.29) is 22.7 Å². The van der Waals surface area contributed by atoms with Crippen molar-refractivity contribution in [2.75, 3.05) is 7.11 Å². The lowest BCUT2D eigenvalue weighted by Gasteiger charge is -2.25. The standard InChI is InChI=1S/C25H25F6N3O3S/c1-24(2,3)34-23(15-10-19(27)20(28)11-18(15)26)16(12-32-34)22(13-5-6-13)33-38(35,36)14-7-8-17(25(29,30)31)21(9-14)37-4/h7-13,22,33H,5-6H2,1-4H3. The predicted octanol–water partition coefficient (Wildman–Crippen LogP) is 6.18. The number of hydrogen-bond donors (Lipinski definition) is 1. The number of aromatic nitrogens is 2. The van der Waals surface area contributed by atoms with Gasteiger partial charge in [0.05, 0.1) is 41.0 Å². The van der Waals surface area contributed by atoms with Gasteiger partial charge in [0.1, 0.15) is 11.6 Å². The number of nitrogens with zero attached hydrogens (tertiary/aromatic N) is 2. The molecule has 1 unspecified atom stereocenters. The van der Waals surface area contributed by atoms with Crippen LogP contribution >= 0.6 is 0 Å². The molecule has 0 spiro atoms. The maximum Gasteiger partial charge on any atom is 0.419 e. The normalized spacial score (nSPS) is 15.5. The zero-order valence-electron chi connectivity index (χ0n) is 20.8. The van der Waals surface area contributed by atoms with E-state index in [2.05, 4.69) is 9.82 Å². The Labute approximate surface area is 215 Å². The lowest BCUT2D eigenvalue weighted by Crippen LogP contribution is -2.31. The van der Waals surface area contributed by atoms with Crippen molar-refractivity contribution in [1.82, 2.24) is 14.5 Å². The fourth-order valence-corrected chi connectivity index (χ4v) is 5.52. The Morgan fingerprint density at radius 2 is 1.66 bits per heavy atom. The maximum atomic E-state index is 15.0. The minimum atomic E-state index is -4.76. The van der Waals surface area contributed by atoms with Gasteiger partial charge < -0.3 is 4.74 Å². The van der Waals surface area contributed by atoms with Crippen molar-refractivity contribution in [3.8, 4) is 17.0 Å². The molecule has 0 aliphatic heterocycles. The van der Waals surface area contributed by atoms with Gasteiger partial charge in [0.15, 0.2) is 11.6 Å².